The number of nitrogens with zero attached hydrogens (tertiary/aromatic N) is 1. The minimum absolute atomic E-state index is 0.173. The fraction of sp³-hybridized carbons (Fsp3) is 0.467. The molecule has 1 fully saturated rings. The topological polar surface area (TPSA) is 73.1 Å². The van der Waals surface area contributed by atoms with Gasteiger partial charge in [-0.1, -0.05) is 15.9 Å². The lowest BCUT2D eigenvalue weighted by Crippen LogP contribution is -2.25. The molecule has 0 amide bonds. The average molecular weight is 337 g/mol. The Labute approximate surface area is 126 Å². The fourth-order valence-corrected chi connectivity index (χ4v) is 2.99. The summed E-state index contributed by atoms with van der Waals surface area (Å²) in [6.45, 7) is 0.794. The molecule has 0 heterocycles. The number of hydrogen-bond donors (Lipinski definition) is 2. The molecule has 1 aromatic rings. The zero-order chi connectivity index (χ0) is 14.5. The first kappa shape index (κ1) is 14.9. The Bertz CT molecular complexity index is 531. The molecule has 0 bridgehead atoms. The molecular formula is C15H17BrN2O2. The van der Waals surface area contributed by atoms with Crippen molar-refractivity contribution >= 4 is 27.6 Å². The Hall–Kier alpha value is -1.54. The van der Waals surface area contributed by atoms with Crippen molar-refractivity contribution < 1.29 is 9.90 Å². The number of halogens is 1. The molecule has 0 aromatic heterocycles. The van der Waals surface area contributed by atoms with Gasteiger partial charge < -0.3 is 10.4 Å². The average Bonchev–Trinajstić information content (AvgIpc) is 2.46. The van der Waals surface area contributed by atoms with Crippen LogP contribution >= 0.6 is 15.9 Å². The molecular weight excluding hydrogens is 320 g/mol. The maximum absolute atomic E-state index is 10.9. The van der Waals surface area contributed by atoms with E-state index in [4.69, 9.17) is 10.4 Å². The molecule has 1 saturated carbocycles. The monoisotopic (exact) mass is 336 g/mol. The number of nitriles is 1. The second kappa shape index (κ2) is 6.76. The lowest BCUT2D eigenvalue weighted by Gasteiger charge is -2.26. The summed E-state index contributed by atoms with van der Waals surface area (Å²) in [5.74, 6) is -0.356. The molecule has 1 aliphatic carbocycles. The number of carbonyl (C=O) groups is 1. The Kier molecular flexibility index (Phi) is 5.02. The highest BCUT2D eigenvalue weighted by Gasteiger charge is 2.25. The van der Waals surface area contributed by atoms with Gasteiger partial charge in [0.2, 0.25) is 0 Å². The summed E-state index contributed by atoms with van der Waals surface area (Å²) in [7, 11) is 0. The van der Waals surface area contributed by atoms with Gasteiger partial charge in [0.25, 0.3) is 0 Å². The van der Waals surface area contributed by atoms with E-state index in [1.807, 2.05) is 12.1 Å². The van der Waals surface area contributed by atoms with E-state index in [0.717, 1.165) is 42.4 Å². The van der Waals surface area contributed by atoms with Crippen LogP contribution in [0, 0.1) is 23.2 Å². The molecule has 4 nitrogen and oxygen atoms in total. The van der Waals surface area contributed by atoms with E-state index in [0.29, 0.717) is 11.5 Å². The summed E-state index contributed by atoms with van der Waals surface area (Å²) in [5.41, 5.74) is 1.47. The van der Waals surface area contributed by atoms with Crippen LogP contribution in [0.1, 0.15) is 31.2 Å². The maximum Gasteiger partial charge on any atom is 0.306 e. The van der Waals surface area contributed by atoms with Crippen molar-refractivity contribution in [3.05, 3.63) is 28.2 Å². The molecule has 106 valence electrons. The van der Waals surface area contributed by atoms with Crippen LogP contribution in [0.4, 0.5) is 5.69 Å². The Balaban J connectivity index is 1.88. The molecule has 0 spiro atoms. The van der Waals surface area contributed by atoms with Crippen molar-refractivity contribution in [3.63, 3.8) is 0 Å². The third-order valence-electron chi connectivity index (χ3n) is 3.88. The lowest BCUT2D eigenvalue weighted by molar-refractivity contribution is -0.143. The summed E-state index contributed by atoms with van der Waals surface area (Å²) in [6.07, 6.45) is 3.38. The van der Waals surface area contributed by atoms with Crippen molar-refractivity contribution in [2.45, 2.75) is 25.7 Å². The molecule has 1 aromatic carbocycles. The van der Waals surface area contributed by atoms with Gasteiger partial charge in [0.1, 0.15) is 6.07 Å². The van der Waals surface area contributed by atoms with Crippen LogP contribution in [-0.2, 0) is 4.79 Å². The van der Waals surface area contributed by atoms with Gasteiger partial charge in [0.05, 0.1) is 17.2 Å². The van der Waals surface area contributed by atoms with Crippen LogP contribution in [0.5, 0.6) is 0 Å². The molecule has 2 N–H and O–H groups in total. The number of hydrogen-bond acceptors (Lipinski definition) is 3. The Morgan fingerprint density at radius 2 is 2.10 bits per heavy atom. The molecule has 0 atom stereocenters. The highest BCUT2D eigenvalue weighted by atomic mass is 79.9. The van der Waals surface area contributed by atoms with Crippen LogP contribution < -0.4 is 5.32 Å². The third kappa shape index (κ3) is 3.73. The molecule has 0 saturated heterocycles. The van der Waals surface area contributed by atoms with Crippen LogP contribution in [0.25, 0.3) is 0 Å². The van der Waals surface area contributed by atoms with Gasteiger partial charge in [-0.2, -0.15) is 5.26 Å². The number of rotatable bonds is 4. The first-order valence-electron chi connectivity index (χ1n) is 6.76. The quantitative estimate of drug-likeness (QED) is 0.880. The van der Waals surface area contributed by atoms with Crippen molar-refractivity contribution in [3.8, 4) is 6.07 Å². The predicted molar refractivity (Wildman–Crippen MR) is 80.4 cm³/mol. The number of nitrogens with one attached hydrogen (secondary N) is 1. The van der Waals surface area contributed by atoms with E-state index in [9.17, 15) is 4.79 Å². The van der Waals surface area contributed by atoms with Gasteiger partial charge in [-0.05, 0) is 49.8 Å². The number of carboxylic acid groups (broad SMARTS) is 1. The van der Waals surface area contributed by atoms with Gasteiger partial charge in [0, 0.05) is 11.0 Å². The summed E-state index contributed by atoms with van der Waals surface area (Å²) >= 11 is 3.35. The highest BCUT2D eigenvalue weighted by Crippen LogP contribution is 2.29. The second-order valence-corrected chi connectivity index (χ2v) is 6.15. The minimum atomic E-state index is -0.670. The molecule has 0 unspecified atom stereocenters. The zero-order valence-electron chi connectivity index (χ0n) is 11.1. The highest BCUT2D eigenvalue weighted by molar-refractivity contribution is 9.10. The second-order valence-electron chi connectivity index (χ2n) is 5.24. The molecule has 5 heteroatoms. The van der Waals surface area contributed by atoms with Crippen molar-refractivity contribution in [1.82, 2.24) is 0 Å². The standard InChI is InChI=1S/C15H17BrN2O2/c16-13-5-6-14(12(7-13)8-17)18-9-10-1-3-11(4-2-10)15(19)20/h5-7,10-11,18H,1-4,9H2,(H,19,20). The molecule has 0 radical (unpaired) electrons. The molecule has 20 heavy (non-hydrogen) atoms. The fourth-order valence-electron chi connectivity index (χ4n) is 2.63. The smallest absolute Gasteiger partial charge is 0.306 e. The SMILES string of the molecule is N#Cc1cc(Br)ccc1NCC1CCC(C(=O)O)CC1. The number of benzene rings is 1. The first-order valence-corrected chi connectivity index (χ1v) is 7.55. The van der Waals surface area contributed by atoms with Crippen LogP contribution in [0.15, 0.2) is 22.7 Å². The normalized spacial score (nSPS) is 22.0. The van der Waals surface area contributed by atoms with Gasteiger partial charge in [-0.3, -0.25) is 4.79 Å². The number of carboxylic acids is 1. The van der Waals surface area contributed by atoms with Gasteiger partial charge in [-0.15, -0.1) is 0 Å². The maximum atomic E-state index is 10.9. The van der Waals surface area contributed by atoms with E-state index in [-0.39, 0.29) is 5.92 Å². The van der Waals surface area contributed by atoms with Crippen LogP contribution in [-0.4, -0.2) is 17.6 Å². The first-order chi connectivity index (χ1) is 9.60. The Morgan fingerprint density at radius 3 is 2.70 bits per heavy atom. The predicted octanol–water partition coefficient (Wildman–Crippen LogP) is 3.62. The Morgan fingerprint density at radius 1 is 1.40 bits per heavy atom. The van der Waals surface area contributed by atoms with E-state index in [1.165, 1.54) is 0 Å². The van der Waals surface area contributed by atoms with Crippen LogP contribution in [0.3, 0.4) is 0 Å². The largest absolute Gasteiger partial charge is 0.481 e. The number of anilines is 1. The van der Waals surface area contributed by atoms with Gasteiger partial charge in [-0.25, -0.2) is 0 Å². The van der Waals surface area contributed by atoms with Crippen molar-refractivity contribution in [2.75, 3.05) is 11.9 Å². The van der Waals surface area contributed by atoms with Crippen molar-refractivity contribution in [1.29, 1.82) is 5.26 Å². The number of aliphatic carboxylic acids is 1. The lowest BCUT2D eigenvalue weighted by atomic mass is 9.82. The molecule has 1 aliphatic rings. The van der Waals surface area contributed by atoms with E-state index in [1.54, 1.807) is 6.07 Å². The minimum Gasteiger partial charge on any atom is -0.481 e. The van der Waals surface area contributed by atoms with E-state index in [2.05, 4.69) is 27.3 Å². The van der Waals surface area contributed by atoms with Gasteiger partial charge in [0.15, 0.2) is 0 Å². The summed E-state index contributed by atoms with van der Waals surface area (Å²) in [4.78, 5) is 10.9. The van der Waals surface area contributed by atoms with Gasteiger partial charge >= 0.3 is 5.97 Å². The molecule has 2 rings (SSSR count). The molecule has 0 aliphatic heterocycles. The van der Waals surface area contributed by atoms with E-state index < -0.39 is 5.97 Å². The summed E-state index contributed by atoms with van der Waals surface area (Å²) in [6, 6.07) is 7.77. The van der Waals surface area contributed by atoms with Crippen LogP contribution in [0.2, 0.25) is 0 Å². The third-order valence-corrected chi connectivity index (χ3v) is 4.37. The summed E-state index contributed by atoms with van der Waals surface area (Å²) in [5, 5.41) is 21.4. The van der Waals surface area contributed by atoms with E-state index >= 15 is 0 Å². The summed E-state index contributed by atoms with van der Waals surface area (Å²) < 4.78 is 0.890. The van der Waals surface area contributed by atoms with Crippen molar-refractivity contribution in [2.24, 2.45) is 11.8 Å². The zero-order valence-corrected chi connectivity index (χ0v) is 12.7.